The fourth-order valence-electron chi connectivity index (χ4n) is 0.441. The summed E-state index contributed by atoms with van der Waals surface area (Å²) in [7, 11) is 1.87. The van der Waals surface area contributed by atoms with Crippen molar-refractivity contribution in [2.75, 3.05) is 13.6 Å². The third kappa shape index (κ3) is 7.06. The van der Waals surface area contributed by atoms with Crippen LogP contribution in [0.25, 0.3) is 5.32 Å². The normalized spacial score (nSPS) is 12.4. The average Bonchev–Trinajstić information content (AvgIpc) is 1.68. The monoisotopic (exact) mass is 189 g/mol. The van der Waals surface area contributed by atoms with Gasteiger partial charge in [0, 0.05) is 32.7 Å². The summed E-state index contributed by atoms with van der Waals surface area (Å²) in [6, 6.07) is 0. The quantitative estimate of drug-likeness (QED) is 0.644. The Kier molecular flexibility index (Phi) is 11.9. The predicted octanol–water partition coefficient (Wildman–Crippen LogP) is 2.03. The summed E-state index contributed by atoms with van der Waals surface area (Å²) < 4.78 is 0. The predicted molar refractivity (Wildman–Crippen MR) is 33.6 cm³/mol. The first-order valence-corrected chi connectivity index (χ1v) is 2.86. The Labute approximate surface area is 77.5 Å². The Hall–Kier alpha value is 1.06. The van der Waals surface area contributed by atoms with E-state index in [1.165, 1.54) is 6.42 Å². The van der Waals surface area contributed by atoms with Crippen LogP contribution in [0.2, 0.25) is 0 Å². The van der Waals surface area contributed by atoms with Crippen LogP contribution >= 0.6 is 0 Å². The van der Waals surface area contributed by atoms with Crippen molar-refractivity contribution in [3.8, 4) is 0 Å². The van der Waals surface area contributed by atoms with Gasteiger partial charge in [-0.2, -0.15) is 7.05 Å². The van der Waals surface area contributed by atoms with Crippen LogP contribution in [0.15, 0.2) is 0 Å². The zero-order valence-corrected chi connectivity index (χ0v) is 8.85. The molecule has 0 bridgehead atoms. The summed E-state index contributed by atoms with van der Waals surface area (Å²) in [6.07, 6.45) is 1.25. The molecule has 0 aromatic rings. The van der Waals surface area contributed by atoms with E-state index in [9.17, 15) is 0 Å². The van der Waals surface area contributed by atoms with Crippen LogP contribution < -0.4 is 0 Å². The van der Waals surface area contributed by atoms with E-state index in [0.29, 0.717) is 0 Å². The molecule has 1 radical (unpaired) electrons. The number of hydrogen-bond acceptors (Lipinski definition) is 0. The average molecular weight is 189 g/mol. The summed E-state index contributed by atoms with van der Waals surface area (Å²) in [5, 5.41) is 4.01. The molecule has 47 valence electrons. The van der Waals surface area contributed by atoms with Crippen LogP contribution in [0.3, 0.4) is 0 Å². The van der Waals surface area contributed by atoms with E-state index in [0.717, 1.165) is 12.5 Å². The van der Waals surface area contributed by atoms with Gasteiger partial charge in [0.25, 0.3) is 0 Å². The zero-order valence-electron chi connectivity index (χ0n) is 6.02. The van der Waals surface area contributed by atoms with Gasteiger partial charge in [0.15, 0.2) is 0 Å². The van der Waals surface area contributed by atoms with Crippen LogP contribution in [0.5, 0.6) is 0 Å². The molecule has 0 N–H and O–H groups in total. The Bertz CT molecular complexity index is 39.5. The van der Waals surface area contributed by atoms with Crippen LogP contribution in [0, 0.1) is 5.92 Å². The van der Waals surface area contributed by atoms with Crippen molar-refractivity contribution < 1.29 is 32.7 Å². The van der Waals surface area contributed by atoms with E-state index in [4.69, 9.17) is 0 Å². The molecule has 1 unspecified atom stereocenters. The van der Waals surface area contributed by atoms with Crippen molar-refractivity contribution in [2.45, 2.75) is 20.3 Å². The topological polar surface area (TPSA) is 14.1 Å². The van der Waals surface area contributed by atoms with Gasteiger partial charge in [-0.1, -0.05) is 26.2 Å². The van der Waals surface area contributed by atoms with Crippen LogP contribution in [0.1, 0.15) is 20.3 Å². The Balaban J connectivity index is 0. The molecule has 8 heavy (non-hydrogen) atoms. The molecular weight excluding hydrogens is 175 g/mol. The van der Waals surface area contributed by atoms with Crippen molar-refractivity contribution in [1.29, 1.82) is 0 Å². The van der Waals surface area contributed by atoms with E-state index < -0.39 is 0 Å². The maximum absolute atomic E-state index is 4.01. The van der Waals surface area contributed by atoms with Crippen LogP contribution in [-0.4, -0.2) is 13.6 Å². The molecule has 0 heterocycles. The van der Waals surface area contributed by atoms with Crippen LogP contribution in [0.4, 0.5) is 0 Å². The van der Waals surface area contributed by atoms with Gasteiger partial charge in [0.2, 0.25) is 0 Å². The van der Waals surface area contributed by atoms with Gasteiger partial charge in [-0.15, -0.1) is 6.54 Å². The number of hydrogen-bond donors (Lipinski definition) is 0. The van der Waals surface area contributed by atoms with Gasteiger partial charge in [-0.25, -0.2) is 0 Å². The second-order valence-electron chi connectivity index (χ2n) is 2.01. The van der Waals surface area contributed by atoms with Gasteiger partial charge in [-0.05, 0) is 0 Å². The molecule has 0 aliphatic heterocycles. The zero-order chi connectivity index (χ0) is 5.70. The van der Waals surface area contributed by atoms with E-state index in [1.54, 1.807) is 0 Å². The summed E-state index contributed by atoms with van der Waals surface area (Å²) in [6.45, 7) is 5.43. The minimum absolute atomic E-state index is 0. The first kappa shape index (κ1) is 11.8. The molecule has 0 spiro atoms. The summed E-state index contributed by atoms with van der Waals surface area (Å²) in [5.41, 5.74) is 0. The third-order valence-corrected chi connectivity index (χ3v) is 1.19. The maximum atomic E-state index is 4.01. The molecule has 0 saturated carbocycles. The minimum Gasteiger partial charge on any atom is -0.665 e. The minimum atomic E-state index is 0. The molecule has 0 amide bonds. The standard InChI is InChI=1S/C6H14N.Y/c1-4-6(2)5-7-3;/h6H,4-5H2,1-3H3;/q-1;. The Morgan fingerprint density at radius 1 is 1.50 bits per heavy atom. The first-order valence-electron chi connectivity index (χ1n) is 2.86. The molecule has 0 fully saturated rings. The van der Waals surface area contributed by atoms with Crippen molar-refractivity contribution in [1.82, 2.24) is 0 Å². The molecule has 0 rings (SSSR count). The van der Waals surface area contributed by atoms with Crippen molar-refractivity contribution >= 4 is 0 Å². The van der Waals surface area contributed by atoms with E-state index in [1.807, 2.05) is 7.05 Å². The largest absolute Gasteiger partial charge is 0.665 e. The van der Waals surface area contributed by atoms with Gasteiger partial charge < -0.3 is 5.32 Å². The van der Waals surface area contributed by atoms with Crippen molar-refractivity contribution in [2.24, 2.45) is 5.92 Å². The van der Waals surface area contributed by atoms with E-state index in [2.05, 4.69) is 19.2 Å². The SMILES string of the molecule is CCC(C)C[N-]C.[Y]. The number of rotatable bonds is 3. The summed E-state index contributed by atoms with van der Waals surface area (Å²) in [4.78, 5) is 0. The van der Waals surface area contributed by atoms with Gasteiger partial charge in [0.1, 0.15) is 0 Å². The molecule has 0 saturated heterocycles. The molecule has 2 heteroatoms. The van der Waals surface area contributed by atoms with Crippen molar-refractivity contribution in [3.05, 3.63) is 5.32 Å². The third-order valence-electron chi connectivity index (χ3n) is 1.19. The van der Waals surface area contributed by atoms with Crippen molar-refractivity contribution in [3.63, 3.8) is 0 Å². The Morgan fingerprint density at radius 3 is 2.12 bits per heavy atom. The molecule has 0 aliphatic carbocycles. The fourth-order valence-corrected chi connectivity index (χ4v) is 0.441. The second kappa shape index (κ2) is 8.06. The number of nitrogens with zero attached hydrogens (tertiary/aromatic N) is 1. The summed E-state index contributed by atoms with van der Waals surface area (Å²) in [5.74, 6) is 0.782. The maximum Gasteiger partial charge on any atom is 0 e. The molecular formula is C6H14NY-. The molecule has 0 aromatic carbocycles. The molecule has 1 nitrogen and oxygen atoms in total. The smallest absolute Gasteiger partial charge is 0 e. The molecule has 0 aliphatic rings. The van der Waals surface area contributed by atoms with Crippen LogP contribution in [-0.2, 0) is 32.7 Å². The van der Waals surface area contributed by atoms with Gasteiger partial charge in [0.05, 0.1) is 0 Å². The van der Waals surface area contributed by atoms with Gasteiger partial charge in [-0.3, -0.25) is 0 Å². The second-order valence-corrected chi connectivity index (χ2v) is 2.01. The fraction of sp³-hybridized carbons (Fsp3) is 1.00. The summed E-state index contributed by atoms with van der Waals surface area (Å²) >= 11 is 0. The molecule has 0 aromatic heterocycles. The molecule has 1 atom stereocenters. The van der Waals surface area contributed by atoms with E-state index >= 15 is 0 Å². The Morgan fingerprint density at radius 2 is 2.00 bits per heavy atom. The first-order chi connectivity index (χ1) is 3.31. The van der Waals surface area contributed by atoms with E-state index in [-0.39, 0.29) is 32.7 Å². The van der Waals surface area contributed by atoms with Gasteiger partial charge >= 0.3 is 0 Å².